The van der Waals surface area contributed by atoms with Crippen LogP contribution < -0.4 is 5.32 Å². The fourth-order valence-corrected chi connectivity index (χ4v) is 1.97. The van der Waals surface area contributed by atoms with Gasteiger partial charge < -0.3 is 5.32 Å². The molecule has 0 radical (unpaired) electrons. The van der Waals surface area contributed by atoms with E-state index in [1.807, 2.05) is 12.3 Å². The predicted octanol–water partition coefficient (Wildman–Crippen LogP) is 3.69. The molecule has 0 spiro atoms. The van der Waals surface area contributed by atoms with Gasteiger partial charge in [0.25, 0.3) is 0 Å². The number of pyridine rings is 1. The Balaban J connectivity index is 2.30. The Morgan fingerprint density at radius 3 is 2.79 bits per heavy atom. The third-order valence-electron chi connectivity index (χ3n) is 3.09. The minimum atomic E-state index is -0.178. The van der Waals surface area contributed by atoms with Crippen LogP contribution in [-0.2, 0) is 6.54 Å². The van der Waals surface area contributed by atoms with Gasteiger partial charge in [0.1, 0.15) is 5.82 Å². The Bertz CT molecular complexity index is 564. The van der Waals surface area contributed by atoms with Gasteiger partial charge in [-0.05, 0) is 35.7 Å². The summed E-state index contributed by atoms with van der Waals surface area (Å²) in [6.45, 7) is 6.78. The molecule has 1 N–H and O–H groups in total. The van der Waals surface area contributed by atoms with Crippen molar-refractivity contribution in [2.24, 2.45) is 0 Å². The topological polar surface area (TPSA) is 24.9 Å². The smallest absolute Gasteiger partial charge is 0.126 e. The molecule has 3 heteroatoms. The highest BCUT2D eigenvalue weighted by atomic mass is 19.1. The molecule has 0 aliphatic rings. The summed E-state index contributed by atoms with van der Waals surface area (Å²) in [6.07, 6.45) is 3.62. The van der Waals surface area contributed by atoms with E-state index >= 15 is 0 Å². The SMILES string of the molecule is Cc1c(F)cccc1-c1cncc(CNC(C)C)c1. The van der Waals surface area contributed by atoms with Crippen molar-refractivity contribution in [3.63, 3.8) is 0 Å². The maximum Gasteiger partial charge on any atom is 0.126 e. The lowest BCUT2D eigenvalue weighted by Gasteiger charge is -2.10. The second-order valence-electron chi connectivity index (χ2n) is 5.03. The van der Waals surface area contributed by atoms with Gasteiger partial charge in [-0.25, -0.2) is 4.39 Å². The van der Waals surface area contributed by atoms with Gasteiger partial charge in [-0.2, -0.15) is 0 Å². The second-order valence-corrected chi connectivity index (χ2v) is 5.03. The Kier molecular flexibility index (Phi) is 4.27. The summed E-state index contributed by atoms with van der Waals surface area (Å²) in [7, 11) is 0. The third kappa shape index (κ3) is 3.38. The van der Waals surface area contributed by atoms with Crippen molar-refractivity contribution in [2.45, 2.75) is 33.4 Å². The number of halogens is 1. The zero-order valence-corrected chi connectivity index (χ0v) is 11.6. The fourth-order valence-electron chi connectivity index (χ4n) is 1.97. The maximum absolute atomic E-state index is 13.6. The van der Waals surface area contributed by atoms with E-state index in [0.29, 0.717) is 11.6 Å². The van der Waals surface area contributed by atoms with Crippen molar-refractivity contribution in [2.75, 3.05) is 0 Å². The standard InChI is InChI=1S/C16H19FN2/c1-11(2)19-9-13-7-14(10-18-8-13)15-5-4-6-16(17)12(15)3/h4-8,10-11,19H,9H2,1-3H3. The van der Waals surface area contributed by atoms with Crippen molar-refractivity contribution in [1.29, 1.82) is 0 Å². The highest BCUT2D eigenvalue weighted by Gasteiger charge is 2.07. The van der Waals surface area contributed by atoms with Gasteiger partial charge in [0.05, 0.1) is 0 Å². The first kappa shape index (κ1) is 13.7. The van der Waals surface area contributed by atoms with E-state index in [-0.39, 0.29) is 5.82 Å². The summed E-state index contributed by atoms with van der Waals surface area (Å²) < 4.78 is 13.6. The van der Waals surface area contributed by atoms with Crippen molar-refractivity contribution >= 4 is 0 Å². The lowest BCUT2D eigenvalue weighted by atomic mass is 10.0. The van der Waals surface area contributed by atoms with E-state index in [4.69, 9.17) is 0 Å². The van der Waals surface area contributed by atoms with Crippen molar-refractivity contribution < 1.29 is 4.39 Å². The minimum absolute atomic E-state index is 0.178. The van der Waals surface area contributed by atoms with Crippen LogP contribution in [0.25, 0.3) is 11.1 Å². The van der Waals surface area contributed by atoms with E-state index in [0.717, 1.165) is 23.2 Å². The summed E-state index contributed by atoms with van der Waals surface area (Å²) in [4.78, 5) is 4.25. The van der Waals surface area contributed by atoms with Crippen LogP contribution in [0, 0.1) is 12.7 Å². The van der Waals surface area contributed by atoms with Crippen LogP contribution in [0.2, 0.25) is 0 Å². The first-order valence-electron chi connectivity index (χ1n) is 6.50. The van der Waals surface area contributed by atoms with Gasteiger partial charge in [0.15, 0.2) is 0 Å². The Hall–Kier alpha value is -1.74. The van der Waals surface area contributed by atoms with Gasteiger partial charge in [-0.3, -0.25) is 4.98 Å². The molecule has 0 atom stereocenters. The molecule has 0 bridgehead atoms. The molecule has 0 saturated heterocycles. The van der Waals surface area contributed by atoms with Crippen LogP contribution in [0.5, 0.6) is 0 Å². The number of rotatable bonds is 4. The summed E-state index contributed by atoms with van der Waals surface area (Å²) in [5.74, 6) is -0.178. The zero-order chi connectivity index (χ0) is 13.8. The Morgan fingerprint density at radius 1 is 1.26 bits per heavy atom. The molecule has 0 amide bonds. The molecule has 19 heavy (non-hydrogen) atoms. The molecule has 1 heterocycles. The Labute approximate surface area is 113 Å². The van der Waals surface area contributed by atoms with Crippen LogP contribution in [0.4, 0.5) is 4.39 Å². The fraction of sp³-hybridized carbons (Fsp3) is 0.312. The summed E-state index contributed by atoms with van der Waals surface area (Å²) in [6, 6.07) is 7.63. The lowest BCUT2D eigenvalue weighted by Crippen LogP contribution is -2.21. The van der Waals surface area contributed by atoms with E-state index in [2.05, 4.69) is 30.2 Å². The van der Waals surface area contributed by atoms with Crippen molar-refractivity contribution in [3.8, 4) is 11.1 Å². The van der Waals surface area contributed by atoms with E-state index in [9.17, 15) is 4.39 Å². The quantitative estimate of drug-likeness (QED) is 0.904. The minimum Gasteiger partial charge on any atom is -0.310 e. The average molecular weight is 258 g/mol. The molecular formula is C16H19FN2. The normalized spacial score (nSPS) is 11.0. The molecule has 0 unspecified atom stereocenters. The number of nitrogens with zero attached hydrogens (tertiary/aromatic N) is 1. The summed E-state index contributed by atoms with van der Waals surface area (Å²) in [5, 5.41) is 3.35. The molecule has 1 aromatic carbocycles. The van der Waals surface area contributed by atoms with Gasteiger partial charge in [-0.15, -0.1) is 0 Å². The third-order valence-corrected chi connectivity index (χ3v) is 3.09. The van der Waals surface area contributed by atoms with Gasteiger partial charge in [0, 0.05) is 30.5 Å². The summed E-state index contributed by atoms with van der Waals surface area (Å²) in [5.41, 5.74) is 3.63. The molecule has 0 fully saturated rings. The number of benzene rings is 1. The van der Waals surface area contributed by atoms with Crippen LogP contribution in [-0.4, -0.2) is 11.0 Å². The molecule has 2 nitrogen and oxygen atoms in total. The molecule has 0 aliphatic heterocycles. The van der Waals surface area contributed by atoms with Crippen LogP contribution in [0.3, 0.4) is 0 Å². The van der Waals surface area contributed by atoms with Crippen LogP contribution >= 0.6 is 0 Å². The number of hydrogen-bond donors (Lipinski definition) is 1. The van der Waals surface area contributed by atoms with E-state index in [1.54, 1.807) is 19.2 Å². The highest BCUT2D eigenvalue weighted by molar-refractivity contribution is 5.66. The highest BCUT2D eigenvalue weighted by Crippen LogP contribution is 2.25. The summed E-state index contributed by atoms with van der Waals surface area (Å²) >= 11 is 0. The van der Waals surface area contributed by atoms with Gasteiger partial charge >= 0.3 is 0 Å². The first-order valence-corrected chi connectivity index (χ1v) is 6.50. The Morgan fingerprint density at radius 2 is 2.05 bits per heavy atom. The first-order chi connectivity index (χ1) is 9.08. The van der Waals surface area contributed by atoms with Crippen molar-refractivity contribution in [1.82, 2.24) is 10.3 Å². The number of aromatic nitrogens is 1. The van der Waals surface area contributed by atoms with Gasteiger partial charge in [0.2, 0.25) is 0 Å². The molecule has 0 aliphatic carbocycles. The number of hydrogen-bond acceptors (Lipinski definition) is 2. The predicted molar refractivity (Wildman–Crippen MR) is 76.3 cm³/mol. The largest absolute Gasteiger partial charge is 0.310 e. The van der Waals surface area contributed by atoms with E-state index < -0.39 is 0 Å². The van der Waals surface area contributed by atoms with E-state index in [1.165, 1.54) is 6.07 Å². The number of nitrogens with one attached hydrogen (secondary N) is 1. The second kappa shape index (κ2) is 5.93. The average Bonchev–Trinajstić information content (AvgIpc) is 2.40. The lowest BCUT2D eigenvalue weighted by molar-refractivity contribution is 0.588. The molecule has 2 aromatic rings. The monoisotopic (exact) mass is 258 g/mol. The molecule has 1 aromatic heterocycles. The molecular weight excluding hydrogens is 239 g/mol. The van der Waals surface area contributed by atoms with Crippen LogP contribution in [0.15, 0.2) is 36.7 Å². The molecule has 0 saturated carbocycles. The van der Waals surface area contributed by atoms with Gasteiger partial charge in [-0.1, -0.05) is 26.0 Å². The van der Waals surface area contributed by atoms with Crippen LogP contribution in [0.1, 0.15) is 25.0 Å². The van der Waals surface area contributed by atoms with Crippen molar-refractivity contribution in [3.05, 3.63) is 53.6 Å². The zero-order valence-electron chi connectivity index (χ0n) is 11.6. The maximum atomic E-state index is 13.6. The molecule has 100 valence electrons. The molecule has 2 rings (SSSR count).